The lowest BCUT2D eigenvalue weighted by molar-refractivity contribution is 0.239. The average Bonchev–Trinajstić information content (AvgIpc) is 3.15. The molecule has 4 rings (SSSR count). The van der Waals surface area contributed by atoms with E-state index in [1.807, 2.05) is 43.3 Å². The zero-order valence-electron chi connectivity index (χ0n) is 16.5. The highest BCUT2D eigenvalue weighted by atomic mass is 16.5. The third-order valence-electron chi connectivity index (χ3n) is 5.46. The van der Waals surface area contributed by atoms with E-state index in [0.717, 1.165) is 47.8 Å². The summed E-state index contributed by atoms with van der Waals surface area (Å²) in [5, 5.41) is 0. The van der Waals surface area contributed by atoms with Crippen LogP contribution in [-0.4, -0.2) is 35.0 Å². The minimum absolute atomic E-state index is 0.0344. The first-order valence-corrected chi connectivity index (χ1v) is 9.55. The van der Waals surface area contributed by atoms with Crippen LogP contribution in [0, 0.1) is 6.92 Å². The van der Waals surface area contributed by atoms with Gasteiger partial charge in [0.15, 0.2) is 0 Å². The molecule has 0 bridgehead atoms. The summed E-state index contributed by atoms with van der Waals surface area (Å²) in [6.45, 7) is 3.51. The largest absolute Gasteiger partial charge is 0.497 e. The first kappa shape index (κ1) is 18.5. The van der Waals surface area contributed by atoms with Gasteiger partial charge < -0.3 is 9.47 Å². The summed E-state index contributed by atoms with van der Waals surface area (Å²) in [5.41, 5.74) is 3.46. The fraction of sp³-hybridized carbons (Fsp3) is 0.364. The molecule has 1 aliphatic rings. The van der Waals surface area contributed by atoms with Crippen LogP contribution >= 0.6 is 0 Å². The lowest BCUT2D eigenvalue weighted by Gasteiger charge is -2.26. The van der Waals surface area contributed by atoms with Gasteiger partial charge in [0, 0.05) is 29.9 Å². The van der Waals surface area contributed by atoms with Crippen molar-refractivity contribution >= 4 is 5.65 Å². The Bertz CT molecular complexity index is 1060. The Morgan fingerprint density at radius 3 is 2.79 bits per heavy atom. The van der Waals surface area contributed by atoms with Gasteiger partial charge in [-0.1, -0.05) is 6.07 Å². The zero-order chi connectivity index (χ0) is 19.7. The molecule has 0 spiro atoms. The maximum atomic E-state index is 12.6. The average molecular weight is 379 g/mol. The van der Waals surface area contributed by atoms with Crippen molar-refractivity contribution in [1.29, 1.82) is 0 Å². The molecular formula is C22H25N3O3. The molecule has 1 fully saturated rings. The molecule has 2 aromatic heterocycles. The number of methoxy groups -OCH3 is 2. The Labute approximate surface area is 164 Å². The number of fused-ring (bicyclic) bond motifs is 1. The highest BCUT2D eigenvalue weighted by Gasteiger charge is 2.29. The summed E-state index contributed by atoms with van der Waals surface area (Å²) in [6.07, 6.45) is 2.13. The monoisotopic (exact) mass is 379 g/mol. The number of rotatable bonds is 5. The van der Waals surface area contributed by atoms with Crippen LogP contribution in [0.1, 0.15) is 35.8 Å². The van der Waals surface area contributed by atoms with Crippen LogP contribution in [0.2, 0.25) is 0 Å². The Balaban J connectivity index is 1.67. The number of nitrogens with zero attached hydrogens (tertiary/aromatic N) is 3. The highest BCUT2D eigenvalue weighted by molar-refractivity contribution is 5.43. The molecule has 28 heavy (non-hydrogen) atoms. The van der Waals surface area contributed by atoms with E-state index < -0.39 is 0 Å². The zero-order valence-corrected chi connectivity index (χ0v) is 16.5. The molecule has 3 aromatic rings. The Hall–Kier alpha value is -2.86. The number of aromatic nitrogens is 2. The van der Waals surface area contributed by atoms with Crippen LogP contribution in [0.5, 0.6) is 11.5 Å². The molecule has 1 atom stereocenters. The second-order valence-corrected chi connectivity index (χ2v) is 7.18. The minimum Gasteiger partial charge on any atom is -0.497 e. The van der Waals surface area contributed by atoms with Gasteiger partial charge in [-0.25, -0.2) is 4.98 Å². The molecule has 1 saturated heterocycles. The second-order valence-electron chi connectivity index (χ2n) is 7.18. The lowest BCUT2D eigenvalue weighted by Crippen LogP contribution is -2.26. The lowest BCUT2D eigenvalue weighted by atomic mass is 10.0. The number of aryl methyl sites for hydroxylation is 1. The Morgan fingerprint density at radius 2 is 2.00 bits per heavy atom. The normalized spacial score (nSPS) is 17.2. The van der Waals surface area contributed by atoms with Crippen molar-refractivity contribution < 1.29 is 9.47 Å². The van der Waals surface area contributed by atoms with Crippen molar-refractivity contribution in [3.05, 3.63) is 69.8 Å². The van der Waals surface area contributed by atoms with Crippen LogP contribution in [0.3, 0.4) is 0 Å². The van der Waals surface area contributed by atoms with E-state index in [4.69, 9.17) is 14.5 Å². The van der Waals surface area contributed by atoms with Gasteiger partial charge in [0.25, 0.3) is 5.56 Å². The molecule has 0 N–H and O–H groups in total. The van der Waals surface area contributed by atoms with Crippen LogP contribution in [0.25, 0.3) is 5.65 Å². The van der Waals surface area contributed by atoms with Crippen molar-refractivity contribution in [2.75, 3.05) is 20.8 Å². The minimum atomic E-state index is -0.0344. The highest BCUT2D eigenvalue weighted by Crippen LogP contribution is 2.39. The van der Waals surface area contributed by atoms with Crippen molar-refractivity contribution in [2.45, 2.75) is 32.4 Å². The van der Waals surface area contributed by atoms with Crippen LogP contribution in [-0.2, 0) is 6.54 Å². The first-order valence-electron chi connectivity index (χ1n) is 9.55. The first-order chi connectivity index (χ1) is 13.6. The second kappa shape index (κ2) is 7.64. The maximum absolute atomic E-state index is 12.6. The quantitative estimate of drug-likeness (QED) is 0.680. The predicted molar refractivity (Wildman–Crippen MR) is 108 cm³/mol. The van der Waals surface area contributed by atoms with E-state index in [-0.39, 0.29) is 11.6 Å². The number of pyridine rings is 1. The van der Waals surface area contributed by atoms with Gasteiger partial charge in [-0.3, -0.25) is 14.1 Å². The predicted octanol–water partition coefficient (Wildman–Crippen LogP) is 3.36. The number of likely N-dealkylation sites (tertiary alicyclic amines) is 1. The summed E-state index contributed by atoms with van der Waals surface area (Å²) in [4.78, 5) is 19.7. The summed E-state index contributed by atoms with van der Waals surface area (Å²) >= 11 is 0. The molecule has 0 radical (unpaired) electrons. The van der Waals surface area contributed by atoms with Crippen LogP contribution < -0.4 is 15.0 Å². The van der Waals surface area contributed by atoms with E-state index in [1.165, 1.54) is 0 Å². The van der Waals surface area contributed by atoms with Crippen molar-refractivity contribution in [3.63, 3.8) is 0 Å². The molecular weight excluding hydrogens is 354 g/mol. The number of hydrogen-bond donors (Lipinski definition) is 0. The molecule has 0 unspecified atom stereocenters. The molecule has 0 saturated carbocycles. The van der Waals surface area contributed by atoms with Gasteiger partial charge in [0.1, 0.15) is 17.1 Å². The fourth-order valence-corrected chi connectivity index (χ4v) is 4.12. The molecule has 0 aliphatic carbocycles. The molecule has 1 aromatic carbocycles. The van der Waals surface area contributed by atoms with Gasteiger partial charge in [0.05, 0.1) is 19.9 Å². The molecule has 0 amide bonds. The molecule has 146 valence electrons. The van der Waals surface area contributed by atoms with Crippen molar-refractivity contribution in [3.8, 4) is 11.5 Å². The molecule has 6 heteroatoms. The Morgan fingerprint density at radius 1 is 1.14 bits per heavy atom. The van der Waals surface area contributed by atoms with E-state index in [9.17, 15) is 4.79 Å². The summed E-state index contributed by atoms with van der Waals surface area (Å²) in [5.74, 6) is 1.68. The van der Waals surface area contributed by atoms with Crippen molar-refractivity contribution in [1.82, 2.24) is 14.3 Å². The van der Waals surface area contributed by atoms with E-state index in [2.05, 4.69) is 4.90 Å². The van der Waals surface area contributed by atoms with Crippen LogP contribution in [0.4, 0.5) is 0 Å². The standard InChI is InChI=1S/C22H25N3O3/c1-15-6-4-8-21-23-16(12-22(26)25(15)21)14-24-11-5-7-19(24)18-13-17(27-2)9-10-20(18)28-3/h4,6,8-10,12-13,19H,5,7,11,14H2,1-3H3/t19-/m0/s1. The van der Waals surface area contributed by atoms with E-state index in [0.29, 0.717) is 12.2 Å². The maximum Gasteiger partial charge on any atom is 0.258 e. The van der Waals surface area contributed by atoms with E-state index >= 15 is 0 Å². The topological polar surface area (TPSA) is 56.1 Å². The summed E-state index contributed by atoms with van der Waals surface area (Å²) in [7, 11) is 3.37. The van der Waals surface area contributed by atoms with Gasteiger partial charge in [-0.15, -0.1) is 0 Å². The SMILES string of the molecule is COc1ccc(OC)c([C@@H]2CCCN2Cc2cc(=O)n3c(C)cccc3n2)c1. The van der Waals surface area contributed by atoms with Gasteiger partial charge >= 0.3 is 0 Å². The molecule has 6 nitrogen and oxygen atoms in total. The number of benzene rings is 1. The molecule has 3 heterocycles. The van der Waals surface area contributed by atoms with Crippen molar-refractivity contribution in [2.24, 2.45) is 0 Å². The third-order valence-corrected chi connectivity index (χ3v) is 5.46. The van der Waals surface area contributed by atoms with Gasteiger partial charge in [-0.05, 0) is 56.6 Å². The third kappa shape index (κ3) is 3.36. The fourth-order valence-electron chi connectivity index (χ4n) is 4.12. The Kier molecular flexibility index (Phi) is 5.05. The van der Waals surface area contributed by atoms with Gasteiger partial charge in [-0.2, -0.15) is 0 Å². The van der Waals surface area contributed by atoms with Gasteiger partial charge in [0.2, 0.25) is 0 Å². The van der Waals surface area contributed by atoms with E-state index in [1.54, 1.807) is 24.7 Å². The van der Waals surface area contributed by atoms with Crippen LogP contribution in [0.15, 0.2) is 47.3 Å². The molecule has 1 aliphatic heterocycles. The number of ether oxygens (including phenoxy) is 2. The number of hydrogen-bond acceptors (Lipinski definition) is 5. The smallest absolute Gasteiger partial charge is 0.258 e. The summed E-state index contributed by atoms with van der Waals surface area (Å²) < 4.78 is 12.7. The summed E-state index contributed by atoms with van der Waals surface area (Å²) in [6, 6.07) is 13.5.